The first-order chi connectivity index (χ1) is 11.9. The lowest BCUT2D eigenvalue weighted by molar-refractivity contribution is -0.395. The van der Waals surface area contributed by atoms with Crippen LogP contribution in [0.2, 0.25) is 15.1 Å². The molecule has 2 aromatic carbocycles. The molecular formula is C13H4Cl3F3N2O5. The van der Waals surface area contributed by atoms with Crippen LogP contribution in [0.4, 0.5) is 24.5 Å². The molecule has 0 bridgehead atoms. The fourth-order valence-electron chi connectivity index (χ4n) is 1.89. The average molecular weight is 432 g/mol. The Kier molecular flexibility index (Phi) is 5.49. The zero-order valence-electron chi connectivity index (χ0n) is 12.0. The Morgan fingerprint density at radius 3 is 2.08 bits per heavy atom. The first-order valence-electron chi connectivity index (χ1n) is 6.29. The summed E-state index contributed by atoms with van der Waals surface area (Å²) in [6.07, 6.45) is -5.16. The fraction of sp³-hybridized carbons (Fsp3) is 0.0769. The summed E-state index contributed by atoms with van der Waals surface area (Å²) in [5.74, 6) is -1.40. The van der Waals surface area contributed by atoms with Crippen molar-refractivity contribution in [3.05, 3.63) is 65.1 Å². The summed E-state index contributed by atoms with van der Waals surface area (Å²) in [6.45, 7) is 0. The van der Waals surface area contributed by atoms with Gasteiger partial charge < -0.3 is 4.74 Å². The standard InChI is InChI=1S/C13H4Cl3F3N2O5/c14-5-1-2-9(7(15)3-5)26-12-8(20(22)23)4-6(13(17,18)19)10(16)11(12)21(24)25/h1-4H. The predicted octanol–water partition coefficient (Wildman–Crippen LogP) is 6.27. The Morgan fingerprint density at radius 2 is 1.62 bits per heavy atom. The summed E-state index contributed by atoms with van der Waals surface area (Å²) in [4.78, 5) is 19.8. The summed E-state index contributed by atoms with van der Waals surface area (Å²) < 4.78 is 44.1. The molecule has 7 nitrogen and oxygen atoms in total. The second-order valence-electron chi connectivity index (χ2n) is 4.62. The molecule has 0 saturated carbocycles. The molecule has 0 radical (unpaired) electrons. The van der Waals surface area contributed by atoms with Crippen LogP contribution in [0.1, 0.15) is 5.56 Å². The predicted molar refractivity (Wildman–Crippen MR) is 86.3 cm³/mol. The monoisotopic (exact) mass is 430 g/mol. The van der Waals surface area contributed by atoms with Gasteiger partial charge in [0.15, 0.2) is 0 Å². The summed E-state index contributed by atoms with van der Waals surface area (Å²) >= 11 is 17.0. The smallest absolute Gasteiger partial charge is 0.418 e. The van der Waals surface area contributed by atoms with Crippen LogP contribution in [-0.2, 0) is 6.18 Å². The molecule has 0 saturated heterocycles. The van der Waals surface area contributed by atoms with Gasteiger partial charge in [0.2, 0.25) is 0 Å². The molecule has 0 atom stereocenters. The first-order valence-corrected chi connectivity index (χ1v) is 7.42. The van der Waals surface area contributed by atoms with E-state index < -0.39 is 43.7 Å². The summed E-state index contributed by atoms with van der Waals surface area (Å²) in [7, 11) is 0. The number of halogens is 6. The van der Waals surface area contributed by atoms with E-state index in [2.05, 4.69) is 0 Å². The van der Waals surface area contributed by atoms with Crippen LogP contribution >= 0.6 is 34.8 Å². The maximum Gasteiger partial charge on any atom is 0.418 e. The quantitative estimate of drug-likeness (QED) is 0.420. The third kappa shape index (κ3) is 3.92. The van der Waals surface area contributed by atoms with Crippen LogP contribution in [0, 0.1) is 20.2 Å². The van der Waals surface area contributed by atoms with Gasteiger partial charge in [-0.2, -0.15) is 13.2 Å². The number of benzene rings is 2. The van der Waals surface area contributed by atoms with E-state index in [9.17, 15) is 33.4 Å². The van der Waals surface area contributed by atoms with Crippen molar-refractivity contribution in [2.45, 2.75) is 6.18 Å². The normalized spacial score (nSPS) is 11.3. The molecule has 0 N–H and O–H groups in total. The minimum atomic E-state index is -5.16. The van der Waals surface area contributed by atoms with Crippen LogP contribution in [0.5, 0.6) is 11.5 Å². The summed E-state index contributed by atoms with van der Waals surface area (Å²) in [5.41, 5.74) is -4.47. The number of ether oxygens (including phenoxy) is 1. The Hall–Kier alpha value is -2.30. The highest BCUT2D eigenvalue weighted by Crippen LogP contribution is 2.50. The van der Waals surface area contributed by atoms with E-state index in [-0.39, 0.29) is 21.9 Å². The Morgan fingerprint density at radius 1 is 1.00 bits per heavy atom. The molecular weight excluding hydrogens is 428 g/mol. The van der Waals surface area contributed by atoms with Gasteiger partial charge in [0.05, 0.1) is 20.4 Å². The van der Waals surface area contributed by atoms with Gasteiger partial charge in [-0.3, -0.25) is 20.2 Å². The van der Waals surface area contributed by atoms with Gasteiger partial charge in [-0.1, -0.05) is 34.8 Å². The lowest BCUT2D eigenvalue weighted by atomic mass is 10.1. The highest BCUT2D eigenvalue weighted by atomic mass is 35.5. The molecule has 0 aliphatic rings. The molecule has 0 aliphatic carbocycles. The van der Waals surface area contributed by atoms with Crippen LogP contribution in [0.25, 0.3) is 0 Å². The van der Waals surface area contributed by atoms with Gasteiger partial charge in [0.1, 0.15) is 10.8 Å². The lowest BCUT2D eigenvalue weighted by Crippen LogP contribution is -2.10. The van der Waals surface area contributed by atoms with Gasteiger partial charge in [-0.05, 0) is 18.2 Å². The highest BCUT2D eigenvalue weighted by molar-refractivity contribution is 6.35. The van der Waals surface area contributed by atoms with Crippen LogP contribution in [-0.4, -0.2) is 9.85 Å². The van der Waals surface area contributed by atoms with E-state index in [1.54, 1.807) is 0 Å². The lowest BCUT2D eigenvalue weighted by Gasteiger charge is -2.13. The van der Waals surface area contributed by atoms with Gasteiger partial charge in [-0.15, -0.1) is 0 Å². The minimum Gasteiger partial charge on any atom is -0.443 e. The number of nitrogens with zero attached hydrogens (tertiary/aromatic N) is 2. The van der Waals surface area contributed by atoms with Crippen molar-refractivity contribution in [1.29, 1.82) is 0 Å². The van der Waals surface area contributed by atoms with Crippen molar-refractivity contribution in [3.63, 3.8) is 0 Å². The topological polar surface area (TPSA) is 95.5 Å². The van der Waals surface area contributed by atoms with Crippen LogP contribution in [0.15, 0.2) is 24.3 Å². The van der Waals surface area contributed by atoms with Gasteiger partial charge in [0.25, 0.3) is 5.75 Å². The zero-order valence-corrected chi connectivity index (χ0v) is 14.3. The maximum atomic E-state index is 13.0. The SMILES string of the molecule is O=[N+]([O-])c1cc(C(F)(F)F)c(Cl)c([N+](=O)[O-])c1Oc1ccc(Cl)cc1Cl. The number of nitro benzene ring substituents is 2. The number of hydrogen-bond donors (Lipinski definition) is 0. The van der Waals surface area contributed by atoms with Crippen molar-refractivity contribution >= 4 is 46.2 Å². The van der Waals surface area contributed by atoms with Crippen LogP contribution in [0.3, 0.4) is 0 Å². The highest BCUT2D eigenvalue weighted by Gasteiger charge is 2.43. The molecule has 0 unspecified atom stereocenters. The van der Waals surface area contributed by atoms with Gasteiger partial charge >= 0.3 is 17.6 Å². The molecule has 0 fully saturated rings. The van der Waals surface area contributed by atoms with Crippen molar-refractivity contribution < 1.29 is 27.8 Å². The number of rotatable bonds is 4. The summed E-state index contributed by atoms with van der Waals surface area (Å²) in [5, 5.41) is 21.0. The van der Waals surface area contributed by atoms with E-state index in [0.29, 0.717) is 0 Å². The molecule has 0 aromatic heterocycles. The van der Waals surface area contributed by atoms with E-state index in [0.717, 1.165) is 6.07 Å². The number of nitro groups is 2. The molecule has 0 amide bonds. The minimum absolute atomic E-state index is 0.0501. The molecule has 0 heterocycles. The maximum absolute atomic E-state index is 13.0. The third-order valence-corrected chi connectivity index (χ3v) is 3.88. The number of alkyl halides is 3. The van der Waals surface area contributed by atoms with Gasteiger partial charge in [0, 0.05) is 11.1 Å². The van der Waals surface area contributed by atoms with Crippen LogP contribution < -0.4 is 4.74 Å². The van der Waals surface area contributed by atoms with Crippen molar-refractivity contribution in [2.75, 3.05) is 0 Å². The zero-order chi connectivity index (χ0) is 19.8. The van der Waals surface area contributed by atoms with Crippen molar-refractivity contribution in [2.24, 2.45) is 0 Å². The van der Waals surface area contributed by atoms with E-state index >= 15 is 0 Å². The molecule has 138 valence electrons. The average Bonchev–Trinajstić information content (AvgIpc) is 2.48. The van der Waals surface area contributed by atoms with E-state index in [4.69, 9.17) is 39.5 Å². The van der Waals surface area contributed by atoms with Gasteiger partial charge in [-0.25, -0.2) is 0 Å². The number of hydrogen-bond acceptors (Lipinski definition) is 5. The summed E-state index contributed by atoms with van der Waals surface area (Å²) in [6, 6.07) is 3.60. The van der Waals surface area contributed by atoms with Crippen molar-refractivity contribution in [1.82, 2.24) is 0 Å². The van der Waals surface area contributed by atoms with Crippen molar-refractivity contribution in [3.8, 4) is 11.5 Å². The Labute approximate surface area is 157 Å². The Balaban J connectivity index is 2.80. The Bertz CT molecular complexity index is 921. The second kappa shape index (κ2) is 7.14. The third-order valence-electron chi connectivity index (χ3n) is 2.96. The molecule has 0 aliphatic heterocycles. The molecule has 26 heavy (non-hydrogen) atoms. The second-order valence-corrected chi connectivity index (χ2v) is 5.85. The molecule has 2 rings (SSSR count). The molecule has 2 aromatic rings. The first kappa shape index (κ1) is 20.0. The fourth-order valence-corrected chi connectivity index (χ4v) is 2.65. The molecule has 13 heteroatoms. The van der Waals surface area contributed by atoms with E-state index in [1.807, 2.05) is 0 Å². The van der Waals surface area contributed by atoms with E-state index in [1.165, 1.54) is 12.1 Å². The largest absolute Gasteiger partial charge is 0.443 e. The molecule has 0 spiro atoms.